The van der Waals surface area contributed by atoms with Gasteiger partial charge in [0.05, 0.1) is 0 Å². The van der Waals surface area contributed by atoms with E-state index in [4.69, 9.17) is 0 Å². The first-order valence-corrected chi connectivity index (χ1v) is 7.85. The van der Waals surface area contributed by atoms with Crippen LogP contribution in [0.4, 0.5) is 0 Å². The molecule has 0 fully saturated rings. The first-order chi connectivity index (χ1) is 10.3. The molecule has 0 saturated heterocycles. The van der Waals surface area contributed by atoms with Crippen molar-refractivity contribution in [1.29, 1.82) is 0 Å². The maximum absolute atomic E-state index is 2.39. The van der Waals surface area contributed by atoms with Crippen LogP contribution >= 0.6 is 0 Å². The second-order valence-electron chi connectivity index (χ2n) is 6.33. The van der Waals surface area contributed by atoms with E-state index in [1.165, 1.54) is 40.7 Å². The third-order valence-corrected chi connectivity index (χ3v) is 4.71. The van der Waals surface area contributed by atoms with Crippen molar-refractivity contribution in [1.82, 2.24) is 0 Å². The molecule has 0 amide bonds. The van der Waals surface area contributed by atoms with Gasteiger partial charge >= 0.3 is 0 Å². The Morgan fingerprint density at radius 2 is 1.67 bits per heavy atom. The van der Waals surface area contributed by atoms with Crippen molar-refractivity contribution in [3.63, 3.8) is 0 Å². The van der Waals surface area contributed by atoms with Gasteiger partial charge in [-0.15, -0.1) is 0 Å². The summed E-state index contributed by atoms with van der Waals surface area (Å²) in [6, 6.07) is 15.5. The zero-order valence-electron chi connectivity index (χ0n) is 12.5. The molecule has 0 nitrogen and oxygen atoms in total. The van der Waals surface area contributed by atoms with Crippen molar-refractivity contribution in [3.8, 4) is 0 Å². The molecule has 2 aromatic rings. The molecule has 0 heteroatoms. The monoisotopic (exact) mass is 272 g/mol. The Morgan fingerprint density at radius 1 is 0.810 bits per heavy atom. The largest absolute Gasteiger partial charge is 0.0683 e. The molecular weight excluding hydrogens is 252 g/mol. The number of aryl methyl sites for hydroxylation is 1. The molecule has 4 rings (SSSR count). The maximum Gasteiger partial charge on any atom is -0.00577 e. The Morgan fingerprint density at radius 3 is 2.57 bits per heavy atom. The first-order valence-electron chi connectivity index (χ1n) is 7.85. The van der Waals surface area contributed by atoms with Crippen LogP contribution in [-0.4, -0.2) is 0 Å². The fourth-order valence-corrected chi connectivity index (χ4v) is 3.64. The van der Waals surface area contributed by atoms with Crippen LogP contribution in [-0.2, 0) is 19.3 Å². The number of allylic oxidation sites excluding steroid dienone is 2. The molecule has 104 valence electrons. The molecule has 21 heavy (non-hydrogen) atoms. The number of rotatable bonds is 3. The van der Waals surface area contributed by atoms with E-state index >= 15 is 0 Å². The molecule has 0 aromatic heterocycles. The zero-order valence-corrected chi connectivity index (χ0v) is 12.5. The Bertz CT molecular complexity index is 759. The van der Waals surface area contributed by atoms with Gasteiger partial charge in [-0.3, -0.25) is 0 Å². The van der Waals surface area contributed by atoms with Gasteiger partial charge in [0.25, 0.3) is 0 Å². The van der Waals surface area contributed by atoms with E-state index in [1.54, 1.807) is 11.1 Å². The highest BCUT2D eigenvalue weighted by Gasteiger charge is 2.15. The van der Waals surface area contributed by atoms with Crippen LogP contribution in [0, 0.1) is 0 Å². The average Bonchev–Trinajstić information content (AvgIpc) is 3.06. The van der Waals surface area contributed by atoms with E-state index in [2.05, 4.69) is 61.5 Å². The van der Waals surface area contributed by atoms with Crippen molar-refractivity contribution >= 4 is 12.2 Å². The summed E-state index contributed by atoms with van der Waals surface area (Å²) in [6.07, 6.45) is 9.37. The fraction of sp³-hybridized carbons (Fsp3) is 0.238. The van der Waals surface area contributed by atoms with E-state index in [9.17, 15) is 0 Å². The average molecular weight is 272 g/mol. The van der Waals surface area contributed by atoms with Gasteiger partial charge in [0, 0.05) is 0 Å². The van der Waals surface area contributed by atoms with Crippen molar-refractivity contribution in [2.75, 3.05) is 0 Å². The first kappa shape index (κ1) is 12.6. The van der Waals surface area contributed by atoms with E-state index in [0.29, 0.717) is 0 Å². The van der Waals surface area contributed by atoms with Gasteiger partial charge in [-0.25, -0.2) is 0 Å². The van der Waals surface area contributed by atoms with E-state index < -0.39 is 0 Å². The van der Waals surface area contributed by atoms with Gasteiger partial charge in [-0.1, -0.05) is 65.8 Å². The number of fused-ring (bicyclic) bond motifs is 2. The number of benzene rings is 2. The summed E-state index contributed by atoms with van der Waals surface area (Å²) in [5, 5.41) is 0. The minimum absolute atomic E-state index is 1.14. The Kier molecular flexibility index (Phi) is 3.03. The standard InChI is InChI=1S/C21H20/c1-15-11-20-8-4-7-17(21(20)12-15)10-9-16-13-18-5-2-3-6-19(18)14-16/h2-8,11,13H,9-10,12,14H2,1H3. The molecule has 0 atom stereocenters. The van der Waals surface area contributed by atoms with Crippen molar-refractivity contribution < 1.29 is 0 Å². The molecule has 0 radical (unpaired) electrons. The molecule has 0 saturated carbocycles. The summed E-state index contributed by atoms with van der Waals surface area (Å²) in [4.78, 5) is 0. The molecule has 2 aliphatic carbocycles. The molecule has 2 aromatic carbocycles. The molecule has 0 N–H and O–H groups in total. The predicted octanol–water partition coefficient (Wildman–Crippen LogP) is 5.22. The minimum Gasteiger partial charge on any atom is -0.0683 e. The highest BCUT2D eigenvalue weighted by molar-refractivity contribution is 5.66. The lowest BCUT2D eigenvalue weighted by atomic mass is 9.96. The highest BCUT2D eigenvalue weighted by Crippen LogP contribution is 2.31. The highest BCUT2D eigenvalue weighted by atomic mass is 14.2. The second-order valence-corrected chi connectivity index (χ2v) is 6.33. The Labute approximate surface area is 126 Å². The summed E-state index contributed by atoms with van der Waals surface area (Å²) in [5.74, 6) is 0. The summed E-state index contributed by atoms with van der Waals surface area (Å²) in [7, 11) is 0. The van der Waals surface area contributed by atoms with Gasteiger partial charge < -0.3 is 0 Å². The maximum atomic E-state index is 2.39. The smallest absolute Gasteiger partial charge is 0.00577 e. The molecule has 2 aliphatic rings. The lowest BCUT2D eigenvalue weighted by Crippen LogP contribution is -1.96. The normalized spacial score (nSPS) is 15.5. The summed E-state index contributed by atoms with van der Waals surface area (Å²) in [5.41, 5.74) is 10.5. The van der Waals surface area contributed by atoms with Crippen molar-refractivity contribution in [2.24, 2.45) is 0 Å². The van der Waals surface area contributed by atoms with E-state index in [0.717, 1.165) is 12.8 Å². The number of hydrogen-bond donors (Lipinski definition) is 0. The van der Waals surface area contributed by atoms with E-state index in [1.807, 2.05) is 0 Å². The van der Waals surface area contributed by atoms with Crippen LogP contribution in [0.3, 0.4) is 0 Å². The summed E-state index contributed by atoms with van der Waals surface area (Å²) >= 11 is 0. The molecular formula is C21H20. The fourth-order valence-electron chi connectivity index (χ4n) is 3.64. The third kappa shape index (κ3) is 2.35. The van der Waals surface area contributed by atoms with Crippen LogP contribution in [0.25, 0.3) is 12.2 Å². The zero-order chi connectivity index (χ0) is 14.2. The van der Waals surface area contributed by atoms with Crippen LogP contribution in [0.2, 0.25) is 0 Å². The topological polar surface area (TPSA) is 0 Å². The molecule has 0 aliphatic heterocycles. The molecule has 0 bridgehead atoms. The van der Waals surface area contributed by atoms with Gasteiger partial charge in [0.15, 0.2) is 0 Å². The van der Waals surface area contributed by atoms with Gasteiger partial charge in [-0.05, 0) is 60.4 Å². The molecule has 0 heterocycles. The van der Waals surface area contributed by atoms with Crippen LogP contribution in [0.5, 0.6) is 0 Å². The minimum atomic E-state index is 1.14. The van der Waals surface area contributed by atoms with Crippen molar-refractivity contribution in [2.45, 2.75) is 32.6 Å². The third-order valence-electron chi connectivity index (χ3n) is 4.71. The summed E-state index contributed by atoms with van der Waals surface area (Å²) < 4.78 is 0. The number of hydrogen-bond acceptors (Lipinski definition) is 0. The molecule has 0 unspecified atom stereocenters. The predicted molar refractivity (Wildman–Crippen MR) is 90.2 cm³/mol. The van der Waals surface area contributed by atoms with Gasteiger partial charge in [0.2, 0.25) is 0 Å². The SMILES string of the molecule is CC1=Cc2cccc(CCC3=Cc4ccccc4C3)c2C1. The Hall–Kier alpha value is -2.08. The lowest BCUT2D eigenvalue weighted by Gasteiger charge is -2.09. The lowest BCUT2D eigenvalue weighted by molar-refractivity contribution is 0.903. The molecule has 0 spiro atoms. The van der Waals surface area contributed by atoms with Crippen LogP contribution < -0.4 is 0 Å². The van der Waals surface area contributed by atoms with Crippen molar-refractivity contribution in [3.05, 3.63) is 81.4 Å². The van der Waals surface area contributed by atoms with Gasteiger partial charge in [0.1, 0.15) is 0 Å². The quantitative estimate of drug-likeness (QED) is 0.718. The van der Waals surface area contributed by atoms with E-state index in [-0.39, 0.29) is 0 Å². The van der Waals surface area contributed by atoms with Gasteiger partial charge in [-0.2, -0.15) is 0 Å². The van der Waals surface area contributed by atoms with Crippen LogP contribution in [0.1, 0.15) is 41.2 Å². The second kappa shape index (κ2) is 5.04. The summed E-state index contributed by atoms with van der Waals surface area (Å²) in [6.45, 7) is 2.24. The van der Waals surface area contributed by atoms with Crippen LogP contribution in [0.15, 0.2) is 53.6 Å². The Balaban J connectivity index is 1.50.